The second-order valence-corrected chi connectivity index (χ2v) is 5.61. The number of fused-ring (bicyclic) bond motifs is 1. The van der Waals surface area contributed by atoms with Gasteiger partial charge >= 0.3 is 0 Å². The molecule has 0 bridgehead atoms. The monoisotopic (exact) mass is 329 g/mol. The summed E-state index contributed by atoms with van der Waals surface area (Å²) < 4.78 is 7.11. The lowest BCUT2D eigenvalue weighted by atomic mass is 10.1. The van der Waals surface area contributed by atoms with Crippen LogP contribution >= 0.6 is 11.6 Å². The van der Waals surface area contributed by atoms with Crippen LogP contribution < -0.4 is 0 Å². The van der Waals surface area contributed by atoms with Crippen LogP contribution in [-0.2, 0) is 17.9 Å². The molecule has 0 atom stereocenters. The Morgan fingerprint density at radius 3 is 3.00 bits per heavy atom. The van der Waals surface area contributed by atoms with E-state index in [2.05, 4.69) is 10.1 Å². The van der Waals surface area contributed by atoms with E-state index in [9.17, 15) is 4.79 Å². The summed E-state index contributed by atoms with van der Waals surface area (Å²) in [6.45, 7) is 3.47. The number of benzene rings is 1. The van der Waals surface area contributed by atoms with Crippen LogP contribution in [0.1, 0.15) is 28.5 Å². The summed E-state index contributed by atoms with van der Waals surface area (Å²) in [6.07, 6.45) is 4.24. The van der Waals surface area contributed by atoms with Crippen molar-refractivity contribution >= 4 is 28.8 Å². The van der Waals surface area contributed by atoms with E-state index in [0.717, 1.165) is 28.3 Å². The zero-order valence-corrected chi connectivity index (χ0v) is 13.5. The van der Waals surface area contributed by atoms with Crippen LogP contribution in [0.4, 0.5) is 0 Å². The Hall–Kier alpha value is -2.24. The van der Waals surface area contributed by atoms with Crippen LogP contribution in [0.5, 0.6) is 0 Å². The normalized spacial score (nSPS) is 11.0. The summed E-state index contributed by atoms with van der Waals surface area (Å²) in [5.74, 6) is 0. The summed E-state index contributed by atoms with van der Waals surface area (Å²) in [6, 6.07) is 7.85. The van der Waals surface area contributed by atoms with Crippen molar-refractivity contribution in [2.24, 2.45) is 0 Å². The molecule has 2 aromatic heterocycles. The number of hydrogen-bond acceptors (Lipinski definition) is 4. The summed E-state index contributed by atoms with van der Waals surface area (Å²) in [5, 5.41) is 5.89. The Bertz CT molecular complexity index is 845. The maximum absolute atomic E-state index is 11.1. The van der Waals surface area contributed by atoms with Gasteiger partial charge in [0.25, 0.3) is 0 Å². The van der Waals surface area contributed by atoms with E-state index >= 15 is 0 Å². The Labute approximate surface area is 138 Å². The molecular weight excluding hydrogens is 314 g/mol. The summed E-state index contributed by atoms with van der Waals surface area (Å²) >= 11 is 5.99. The van der Waals surface area contributed by atoms with Crippen molar-refractivity contribution in [1.29, 1.82) is 0 Å². The highest BCUT2D eigenvalue weighted by molar-refractivity contribution is 6.31. The van der Waals surface area contributed by atoms with Crippen molar-refractivity contribution in [2.45, 2.75) is 20.1 Å². The lowest BCUT2D eigenvalue weighted by Gasteiger charge is -2.04. The molecule has 0 spiro atoms. The fraction of sp³-hybridized carbons (Fsp3) is 0.235. The Kier molecular flexibility index (Phi) is 4.69. The minimum absolute atomic E-state index is 0.391. The first-order valence-electron chi connectivity index (χ1n) is 7.33. The number of aldehydes is 1. The minimum Gasteiger partial charge on any atom is -0.377 e. The topological polar surface area (TPSA) is 57.0 Å². The smallest absolute Gasteiger partial charge is 0.170 e. The van der Waals surface area contributed by atoms with Gasteiger partial charge in [-0.2, -0.15) is 5.10 Å². The highest BCUT2D eigenvalue weighted by Gasteiger charge is 2.09. The van der Waals surface area contributed by atoms with Gasteiger partial charge in [-0.3, -0.25) is 14.5 Å². The number of nitrogens with zero attached hydrogens (tertiary/aromatic N) is 3. The van der Waals surface area contributed by atoms with E-state index in [4.69, 9.17) is 16.3 Å². The molecule has 0 aliphatic carbocycles. The van der Waals surface area contributed by atoms with E-state index in [-0.39, 0.29) is 0 Å². The zero-order chi connectivity index (χ0) is 16.2. The molecule has 0 N–H and O–H groups in total. The first kappa shape index (κ1) is 15.6. The number of halogens is 1. The molecule has 2 heterocycles. The molecule has 3 aromatic rings. The number of carbonyl (C=O) groups excluding carboxylic acids is 1. The van der Waals surface area contributed by atoms with Gasteiger partial charge < -0.3 is 4.74 Å². The van der Waals surface area contributed by atoms with Gasteiger partial charge in [0.05, 0.1) is 23.7 Å². The lowest BCUT2D eigenvalue weighted by Crippen LogP contribution is -2.01. The van der Waals surface area contributed by atoms with Crippen molar-refractivity contribution in [3.8, 4) is 0 Å². The van der Waals surface area contributed by atoms with E-state index < -0.39 is 0 Å². The van der Waals surface area contributed by atoms with Crippen LogP contribution in [0.2, 0.25) is 5.02 Å². The van der Waals surface area contributed by atoms with Crippen molar-refractivity contribution in [2.75, 3.05) is 6.61 Å². The standard InChI is InChI=1S/C17H16ClN3O2/c1-2-23-11-14-9-21(20-17(14)10-22)8-12-3-4-16-13(5-12)6-15(18)7-19-16/h3-7,9-10H,2,8,11H2,1H3. The van der Waals surface area contributed by atoms with Gasteiger partial charge in [0, 0.05) is 30.0 Å². The maximum Gasteiger partial charge on any atom is 0.170 e. The van der Waals surface area contributed by atoms with E-state index in [0.29, 0.717) is 30.5 Å². The molecule has 0 saturated heterocycles. The molecule has 0 saturated carbocycles. The van der Waals surface area contributed by atoms with Crippen LogP contribution in [0.3, 0.4) is 0 Å². The number of ether oxygens (including phenoxy) is 1. The molecule has 0 amide bonds. The molecule has 118 valence electrons. The van der Waals surface area contributed by atoms with Crippen molar-refractivity contribution in [1.82, 2.24) is 14.8 Å². The van der Waals surface area contributed by atoms with Gasteiger partial charge in [-0.05, 0) is 30.7 Å². The third-order valence-corrected chi connectivity index (χ3v) is 3.71. The van der Waals surface area contributed by atoms with Gasteiger partial charge in [0.2, 0.25) is 0 Å². The predicted octanol–water partition coefficient (Wildman–Crippen LogP) is 3.48. The highest BCUT2D eigenvalue weighted by atomic mass is 35.5. The van der Waals surface area contributed by atoms with Gasteiger partial charge in [-0.25, -0.2) is 0 Å². The first-order valence-corrected chi connectivity index (χ1v) is 7.71. The van der Waals surface area contributed by atoms with Gasteiger partial charge in [0.15, 0.2) is 6.29 Å². The molecule has 5 nitrogen and oxygen atoms in total. The molecule has 1 aromatic carbocycles. The third kappa shape index (κ3) is 3.57. The minimum atomic E-state index is 0.391. The zero-order valence-electron chi connectivity index (χ0n) is 12.7. The van der Waals surface area contributed by atoms with Crippen molar-refractivity contribution in [3.63, 3.8) is 0 Å². The number of hydrogen-bond donors (Lipinski definition) is 0. The Morgan fingerprint density at radius 1 is 1.35 bits per heavy atom. The first-order chi connectivity index (χ1) is 11.2. The Balaban J connectivity index is 1.86. The number of carbonyl (C=O) groups is 1. The molecule has 0 aliphatic rings. The van der Waals surface area contributed by atoms with Crippen LogP contribution in [-0.4, -0.2) is 27.7 Å². The molecule has 6 heteroatoms. The van der Waals surface area contributed by atoms with Crippen LogP contribution in [0, 0.1) is 0 Å². The Morgan fingerprint density at radius 2 is 2.22 bits per heavy atom. The van der Waals surface area contributed by atoms with Crippen LogP contribution in [0.15, 0.2) is 36.7 Å². The maximum atomic E-state index is 11.1. The second kappa shape index (κ2) is 6.89. The molecule has 0 unspecified atom stereocenters. The highest BCUT2D eigenvalue weighted by Crippen LogP contribution is 2.19. The predicted molar refractivity (Wildman–Crippen MR) is 88.8 cm³/mol. The molecule has 3 rings (SSSR count). The third-order valence-electron chi connectivity index (χ3n) is 3.50. The quantitative estimate of drug-likeness (QED) is 0.650. The van der Waals surface area contributed by atoms with E-state index in [1.54, 1.807) is 10.9 Å². The van der Waals surface area contributed by atoms with Crippen LogP contribution in [0.25, 0.3) is 10.9 Å². The number of pyridine rings is 1. The fourth-order valence-corrected chi connectivity index (χ4v) is 2.59. The molecule has 0 fully saturated rings. The fourth-order valence-electron chi connectivity index (χ4n) is 2.42. The summed E-state index contributed by atoms with van der Waals surface area (Å²) in [7, 11) is 0. The van der Waals surface area contributed by atoms with E-state index in [1.807, 2.05) is 37.4 Å². The summed E-state index contributed by atoms with van der Waals surface area (Å²) in [4.78, 5) is 15.4. The molecule has 0 aliphatic heterocycles. The molecular formula is C17H16ClN3O2. The largest absolute Gasteiger partial charge is 0.377 e. The van der Waals surface area contributed by atoms with Gasteiger partial charge in [0.1, 0.15) is 5.69 Å². The second-order valence-electron chi connectivity index (χ2n) is 5.17. The van der Waals surface area contributed by atoms with Gasteiger partial charge in [-0.15, -0.1) is 0 Å². The average molecular weight is 330 g/mol. The van der Waals surface area contributed by atoms with Crippen molar-refractivity contribution < 1.29 is 9.53 Å². The SMILES string of the molecule is CCOCc1cn(Cc2ccc3ncc(Cl)cc3c2)nc1C=O. The number of aromatic nitrogens is 3. The lowest BCUT2D eigenvalue weighted by molar-refractivity contribution is 0.110. The van der Waals surface area contributed by atoms with Crippen molar-refractivity contribution in [3.05, 3.63) is 58.5 Å². The number of rotatable bonds is 6. The summed E-state index contributed by atoms with van der Waals surface area (Å²) in [5.41, 5.74) is 3.17. The molecule has 23 heavy (non-hydrogen) atoms. The molecule has 0 radical (unpaired) electrons. The average Bonchev–Trinajstić information content (AvgIpc) is 2.94. The van der Waals surface area contributed by atoms with Gasteiger partial charge in [-0.1, -0.05) is 17.7 Å². The van der Waals surface area contributed by atoms with E-state index in [1.165, 1.54) is 0 Å².